The van der Waals surface area contributed by atoms with Crippen molar-refractivity contribution in [3.8, 4) is 11.8 Å². The zero-order valence-electron chi connectivity index (χ0n) is 16.9. The Bertz CT molecular complexity index is 1150. The van der Waals surface area contributed by atoms with Gasteiger partial charge in [0.2, 0.25) is 5.01 Å². The number of hydrogen-bond donors (Lipinski definition) is 1. The second kappa shape index (κ2) is 9.11. The van der Waals surface area contributed by atoms with E-state index in [0.717, 1.165) is 46.6 Å². The van der Waals surface area contributed by atoms with Gasteiger partial charge in [0.1, 0.15) is 11.3 Å². The van der Waals surface area contributed by atoms with Crippen LogP contribution in [0.2, 0.25) is 0 Å². The molecule has 0 fully saturated rings. The zero-order chi connectivity index (χ0) is 20.8. The van der Waals surface area contributed by atoms with Crippen molar-refractivity contribution < 1.29 is 9.94 Å². The highest BCUT2D eigenvalue weighted by molar-refractivity contribution is 6.27. The highest BCUT2D eigenvalue weighted by Crippen LogP contribution is 2.39. The molecule has 4 nitrogen and oxygen atoms in total. The third-order valence-electron chi connectivity index (χ3n) is 5.17. The third-order valence-corrected chi connectivity index (χ3v) is 5.17. The Balaban J connectivity index is 1.57. The molecule has 0 saturated heterocycles. The standard InChI is InChI=1S/C26H22N2O2/c1-27-26-23-17-21(30-16-8-11-19-9-4-2-5-10-19)14-15-22(23)25(24(26)18-28-29)20-12-6-3-7-13-20/h2-7,9-10,12-15,17H,8,11,16H2,1H3/p+1/b27-26+. The van der Waals surface area contributed by atoms with Gasteiger partial charge < -0.3 is 4.74 Å². The maximum Gasteiger partial charge on any atom is 0.391 e. The van der Waals surface area contributed by atoms with Gasteiger partial charge in [-0.05, 0) is 47.7 Å². The predicted molar refractivity (Wildman–Crippen MR) is 121 cm³/mol. The summed E-state index contributed by atoms with van der Waals surface area (Å²) in [7, 11) is 1.74. The van der Waals surface area contributed by atoms with Gasteiger partial charge in [-0.3, -0.25) is 4.99 Å². The van der Waals surface area contributed by atoms with Crippen LogP contribution in [0.4, 0.5) is 0 Å². The first kappa shape index (κ1) is 19.5. The molecular weight excluding hydrogens is 372 g/mol. The monoisotopic (exact) mass is 395 g/mol. The lowest BCUT2D eigenvalue weighted by molar-refractivity contribution is 0.311. The van der Waals surface area contributed by atoms with Gasteiger partial charge in [0.25, 0.3) is 0 Å². The van der Waals surface area contributed by atoms with Crippen molar-refractivity contribution in [1.29, 1.82) is 0 Å². The Morgan fingerprint density at radius 3 is 2.37 bits per heavy atom. The van der Waals surface area contributed by atoms with E-state index in [-0.39, 0.29) is 0 Å². The van der Waals surface area contributed by atoms with Gasteiger partial charge >= 0.3 is 6.07 Å². The van der Waals surface area contributed by atoms with Gasteiger partial charge in [-0.1, -0.05) is 60.7 Å². The topological polar surface area (TPSA) is 46.2 Å². The molecule has 4 heteroatoms. The molecule has 0 atom stereocenters. The quantitative estimate of drug-likeness (QED) is 0.433. The van der Waals surface area contributed by atoms with Crippen molar-refractivity contribution in [2.24, 2.45) is 4.99 Å². The molecule has 0 bridgehead atoms. The average Bonchev–Trinajstić information content (AvgIpc) is 3.10. The number of fused-ring (bicyclic) bond motifs is 1. The number of nitrogens with zero attached hydrogens (tertiary/aromatic N) is 2. The van der Waals surface area contributed by atoms with Crippen LogP contribution in [0.5, 0.6) is 5.75 Å². The summed E-state index contributed by atoms with van der Waals surface area (Å²) in [5.41, 5.74) is 6.72. The molecular formula is C26H23N2O2+. The Labute approximate surface area is 176 Å². The molecule has 0 heterocycles. The molecule has 3 aromatic rings. The summed E-state index contributed by atoms with van der Waals surface area (Å²) in [6, 6.07) is 29.2. The summed E-state index contributed by atoms with van der Waals surface area (Å²) in [6.45, 7) is 0.641. The molecule has 30 heavy (non-hydrogen) atoms. The lowest BCUT2D eigenvalue weighted by Gasteiger charge is -2.10. The van der Waals surface area contributed by atoms with Crippen LogP contribution in [-0.2, 0) is 6.42 Å². The maximum absolute atomic E-state index is 9.18. The lowest BCUT2D eigenvalue weighted by atomic mass is 9.98. The minimum atomic E-state index is 0.641. The van der Waals surface area contributed by atoms with E-state index < -0.39 is 0 Å². The van der Waals surface area contributed by atoms with Crippen molar-refractivity contribution in [3.63, 3.8) is 0 Å². The highest BCUT2D eigenvalue weighted by atomic mass is 16.5. The summed E-state index contributed by atoms with van der Waals surface area (Å²) in [5, 5.41) is 12.3. The fourth-order valence-corrected chi connectivity index (χ4v) is 3.82. The molecule has 0 aliphatic heterocycles. The summed E-state index contributed by atoms with van der Waals surface area (Å²) >= 11 is 0. The summed E-state index contributed by atoms with van der Waals surface area (Å²) in [6.07, 6.45) is 1.93. The van der Waals surface area contributed by atoms with Gasteiger partial charge in [-0.15, -0.1) is 0 Å². The zero-order valence-corrected chi connectivity index (χ0v) is 16.9. The number of hydrogen-bond acceptors (Lipinski definition) is 3. The Morgan fingerprint density at radius 2 is 1.67 bits per heavy atom. The van der Waals surface area contributed by atoms with E-state index >= 15 is 0 Å². The Kier molecular flexibility index (Phi) is 5.91. The molecule has 1 aliphatic carbocycles. The largest absolute Gasteiger partial charge is 0.494 e. The second-order valence-electron chi connectivity index (χ2n) is 7.05. The smallest absolute Gasteiger partial charge is 0.391 e. The van der Waals surface area contributed by atoms with E-state index in [1.807, 2.05) is 54.6 Å². The number of aliphatic imine (C=N–C) groups is 1. The first-order valence-corrected chi connectivity index (χ1v) is 10.0. The van der Waals surface area contributed by atoms with E-state index in [2.05, 4.69) is 40.3 Å². The SMILES string of the molecule is C/N=C1/C(C#[N+]O)=C(c2ccccc2)c2ccc(OCCCc3ccccc3)cc21. The van der Waals surface area contributed by atoms with E-state index in [4.69, 9.17) is 4.74 Å². The van der Waals surface area contributed by atoms with Crippen LogP contribution in [0, 0.1) is 6.07 Å². The number of aryl methyl sites for hydroxylation is 1. The molecule has 4 rings (SSSR count). The maximum atomic E-state index is 9.18. The van der Waals surface area contributed by atoms with Crippen molar-refractivity contribution in [2.45, 2.75) is 12.8 Å². The molecule has 0 saturated carbocycles. The fraction of sp³-hybridized carbons (Fsp3) is 0.154. The molecule has 0 unspecified atom stereocenters. The second-order valence-corrected chi connectivity index (χ2v) is 7.05. The van der Waals surface area contributed by atoms with Gasteiger partial charge in [0.15, 0.2) is 0 Å². The Hall–Kier alpha value is -3.84. The minimum Gasteiger partial charge on any atom is -0.494 e. The van der Waals surface area contributed by atoms with E-state index in [1.165, 1.54) is 5.56 Å². The molecule has 1 aliphatic rings. The molecule has 148 valence electrons. The van der Waals surface area contributed by atoms with Crippen LogP contribution in [0.1, 0.15) is 28.7 Å². The first-order chi connectivity index (χ1) is 14.8. The van der Waals surface area contributed by atoms with Crippen LogP contribution in [0.25, 0.3) is 10.6 Å². The molecule has 0 spiro atoms. The molecule has 0 aromatic heterocycles. The van der Waals surface area contributed by atoms with E-state index in [0.29, 0.717) is 12.2 Å². The van der Waals surface area contributed by atoms with E-state index in [9.17, 15) is 5.21 Å². The molecule has 1 N–H and O–H groups in total. The Morgan fingerprint density at radius 1 is 0.933 bits per heavy atom. The van der Waals surface area contributed by atoms with Crippen molar-refractivity contribution in [2.75, 3.05) is 13.7 Å². The van der Waals surface area contributed by atoms with Gasteiger partial charge in [-0.25, -0.2) is 0 Å². The summed E-state index contributed by atoms with van der Waals surface area (Å²) < 4.78 is 6.02. The van der Waals surface area contributed by atoms with Gasteiger partial charge in [-0.2, -0.15) is 5.21 Å². The van der Waals surface area contributed by atoms with Crippen molar-refractivity contribution >= 4 is 11.3 Å². The predicted octanol–water partition coefficient (Wildman–Crippen LogP) is 5.65. The number of allylic oxidation sites excluding steroid dienone is 1. The van der Waals surface area contributed by atoms with Gasteiger partial charge in [0, 0.05) is 18.2 Å². The molecule has 0 radical (unpaired) electrons. The minimum absolute atomic E-state index is 0.641. The van der Waals surface area contributed by atoms with Crippen molar-refractivity contribution in [1.82, 2.24) is 0 Å². The normalized spacial score (nSPS) is 13.7. The van der Waals surface area contributed by atoms with Crippen LogP contribution in [-0.4, -0.2) is 24.6 Å². The van der Waals surface area contributed by atoms with Crippen molar-refractivity contribution in [3.05, 3.63) is 112 Å². The average molecular weight is 395 g/mol. The first-order valence-electron chi connectivity index (χ1n) is 10.0. The number of ether oxygens (including phenoxy) is 1. The fourth-order valence-electron chi connectivity index (χ4n) is 3.82. The number of benzene rings is 3. The lowest BCUT2D eigenvalue weighted by Crippen LogP contribution is -2.02. The highest BCUT2D eigenvalue weighted by Gasteiger charge is 2.31. The van der Waals surface area contributed by atoms with Crippen LogP contribution in [0.15, 0.2) is 89.4 Å². The van der Waals surface area contributed by atoms with Crippen LogP contribution in [0.3, 0.4) is 0 Å². The molecule has 3 aromatic carbocycles. The summed E-state index contributed by atoms with van der Waals surface area (Å²) in [4.78, 5) is 4.45. The van der Waals surface area contributed by atoms with Crippen LogP contribution < -0.4 is 4.74 Å². The molecule has 0 amide bonds. The third kappa shape index (κ3) is 3.97. The summed E-state index contributed by atoms with van der Waals surface area (Å²) in [5.74, 6) is 0.803. The van der Waals surface area contributed by atoms with Gasteiger partial charge in [0.05, 0.1) is 12.3 Å². The number of rotatable bonds is 6. The van der Waals surface area contributed by atoms with Crippen LogP contribution >= 0.6 is 0 Å². The van der Waals surface area contributed by atoms with E-state index in [1.54, 1.807) is 7.05 Å².